The van der Waals surface area contributed by atoms with Crippen LogP contribution in [-0.2, 0) is 15.9 Å². The highest BCUT2D eigenvalue weighted by atomic mass is 32.2. The Morgan fingerprint density at radius 2 is 1.67 bits per heavy atom. The smallest absolute Gasteiger partial charge is 0.269 e. The van der Waals surface area contributed by atoms with Gasteiger partial charge >= 0.3 is 0 Å². The normalized spacial score (nSPS) is 10.4. The van der Waals surface area contributed by atoms with Crippen molar-refractivity contribution < 1.29 is 17.7 Å². The molecule has 12 heavy (non-hydrogen) atoms. The molecular weight excluding hydrogens is 183 g/mol. The fourth-order valence-electron chi connectivity index (χ4n) is 0.785. The van der Waals surface area contributed by atoms with Gasteiger partial charge in [-0.2, -0.15) is 8.42 Å². The molecule has 0 aromatic heterocycles. The van der Waals surface area contributed by atoms with Gasteiger partial charge in [0, 0.05) is 0 Å². The number of hydrogen-bond acceptors (Lipinski definition) is 2. The molecule has 0 aliphatic carbocycles. The highest BCUT2D eigenvalue weighted by molar-refractivity contribution is 7.85. The molecule has 0 bridgehead atoms. The maximum atomic E-state index is 10.4. The average Bonchev–Trinajstić information content (AvgIpc) is 1.85. The summed E-state index contributed by atoms with van der Waals surface area (Å²) in [7, 11) is -3.88. The molecule has 0 amide bonds. The zero-order chi connectivity index (χ0) is 8.32. The fourth-order valence-corrected chi connectivity index (χ4v) is 1.40. The van der Waals surface area contributed by atoms with Crippen LogP contribution in [0.4, 0.5) is 0 Å². The van der Waals surface area contributed by atoms with Gasteiger partial charge < -0.3 is 4.70 Å². The molecule has 0 fully saturated rings. The molecule has 0 radical (unpaired) electrons. The molecule has 3 nitrogen and oxygen atoms in total. The van der Waals surface area contributed by atoms with Gasteiger partial charge in [0.25, 0.3) is 10.1 Å². The maximum absolute atomic E-state index is 10.4. The molecule has 0 saturated heterocycles. The van der Waals surface area contributed by atoms with Crippen LogP contribution in [0.1, 0.15) is 5.56 Å². The quantitative estimate of drug-likeness (QED) is 0.554. The molecule has 0 saturated carbocycles. The molecule has 1 aromatic carbocycles. The van der Waals surface area contributed by atoms with Crippen molar-refractivity contribution in [3.05, 3.63) is 35.9 Å². The van der Waals surface area contributed by atoms with Gasteiger partial charge in [0.2, 0.25) is 0 Å². The predicted octanol–water partition coefficient (Wildman–Crippen LogP) is -1.92. The van der Waals surface area contributed by atoms with Crippen LogP contribution in [0.2, 0.25) is 0 Å². The topological polar surface area (TPSA) is 54.4 Å². The van der Waals surface area contributed by atoms with E-state index in [9.17, 15) is 8.42 Å². The Balaban J connectivity index is 0.00000121. The SMILES string of the molecule is O=S(=O)(O)Cc1ccccc1.[F-]. The summed E-state index contributed by atoms with van der Waals surface area (Å²) in [6.45, 7) is 0. The number of hydrogen-bond donors (Lipinski definition) is 1. The first-order valence-electron chi connectivity index (χ1n) is 3.07. The van der Waals surface area contributed by atoms with Crippen LogP contribution in [0.15, 0.2) is 30.3 Å². The average molecular weight is 191 g/mol. The third kappa shape index (κ3) is 4.05. The van der Waals surface area contributed by atoms with Crippen molar-refractivity contribution in [1.82, 2.24) is 0 Å². The summed E-state index contributed by atoms with van der Waals surface area (Å²) >= 11 is 0. The van der Waals surface area contributed by atoms with Crippen molar-refractivity contribution in [1.29, 1.82) is 0 Å². The largest absolute Gasteiger partial charge is 1.00 e. The third-order valence-corrected chi connectivity index (χ3v) is 1.89. The molecule has 0 heterocycles. The summed E-state index contributed by atoms with van der Waals surface area (Å²) in [6, 6.07) is 8.52. The Kier molecular flexibility index (Phi) is 3.85. The van der Waals surface area contributed by atoms with Crippen LogP contribution in [0.5, 0.6) is 0 Å². The van der Waals surface area contributed by atoms with Crippen LogP contribution in [-0.4, -0.2) is 13.0 Å². The van der Waals surface area contributed by atoms with Crippen molar-refractivity contribution >= 4 is 10.1 Å². The molecule has 0 spiro atoms. The second kappa shape index (κ2) is 4.18. The molecular formula is C7H8FO3S-. The van der Waals surface area contributed by atoms with E-state index in [1.807, 2.05) is 0 Å². The lowest BCUT2D eigenvalue weighted by Crippen LogP contribution is -3.00. The van der Waals surface area contributed by atoms with Gasteiger partial charge in [-0.25, -0.2) is 0 Å². The third-order valence-electron chi connectivity index (χ3n) is 1.19. The first-order chi connectivity index (χ1) is 5.08. The summed E-state index contributed by atoms with van der Waals surface area (Å²) in [6.07, 6.45) is 0. The van der Waals surface area contributed by atoms with Crippen molar-refractivity contribution in [2.24, 2.45) is 0 Å². The van der Waals surface area contributed by atoms with Crippen molar-refractivity contribution in [2.45, 2.75) is 5.75 Å². The monoisotopic (exact) mass is 191 g/mol. The van der Waals surface area contributed by atoms with E-state index in [1.54, 1.807) is 30.3 Å². The van der Waals surface area contributed by atoms with E-state index in [1.165, 1.54) is 0 Å². The molecule has 0 unspecified atom stereocenters. The summed E-state index contributed by atoms with van der Waals surface area (Å²) < 4.78 is 29.2. The van der Waals surface area contributed by atoms with Gasteiger partial charge in [-0.15, -0.1) is 0 Å². The lowest BCUT2D eigenvalue weighted by Gasteiger charge is -1.95. The van der Waals surface area contributed by atoms with E-state index in [2.05, 4.69) is 0 Å². The predicted molar refractivity (Wildman–Crippen MR) is 41.7 cm³/mol. The summed E-state index contributed by atoms with van der Waals surface area (Å²) in [4.78, 5) is 0. The zero-order valence-corrected chi connectivity index (χ0v) is 6.96. The van der Waals surface area contributed by atoms with Crippen LogP contribution in [0.25, 0.3) is 0 Å². The Labute approximate surface area is 70.2 Å². The van der Waals surface area contributed by atoms with Crippen molar-refractivity contribution in [2.75, 3.05) is 0 Å². The summed E-state index contributed by atoms with van der Waals surface area (Å²) in [5.41, 5.74) is 0.593. The minimum absolute atomic E-state index is 0. The maximum Gasteiger partial charge on any atom is 0.269 e. The second-order valence-corrected chi connectivity index (χ2v) is 3.66. The lowest BCUT2D eigenvalue weighted by atomic mass is 10.2. The molecule has 68 valence electrons. The zero-order valence-electron chi connectivity index (χ0n) is 6.14. The van der Waals surface area contributed by atoms with E-state index in [-0.39, 0.29) is 10.5 Å². The summed E-state index contributed by atoms with van der Waals surface area (Å²) in [5, 5.41) is 0. The van der Waals surface area contributed by atoms with Crippen LogP contribution in [0, 0.1) is 0 Å². The van der Waals surface area contributed by atoms with Gasteiger partial charge in [-0.05, 0) is 5.56 Å². The Bertz CT molecular complexity index is 320. The first-order valence-corrected chi connectivity index (χ1v) is 4.68. The van der Waals surface area contributed by atoms with Gasteiger partial charge in [0.1, 0.15) is 5.75 Å². The Morgan fingerprint density at radius 1 is 1.17 bits per heavy atom. The highest BCUT2D eigenvalue weighted by Gasteiger charge is 2.04. The standard InChI is InChI=1S/C7H8O3S.FH/c8-11(9,10)6-7-4-2-1-3-5-7;/h1-5H,6H2,(H,8,9,10);1H/p-1. The van der Waals surface area contributed by atoms with Gasteiger partial charge in [0.15, 0.2) is 0 Å². The number of rotatable bonds is 2. The number of benzene rings is 1. The van der Waals surface area contributed by atoms with Crippen LogP contribution in [0.3, 0.4) is 0 Å². The van der Waals surface area contributed by atoms with Gasteiger partial charge in [0.05, 0.1) is 0 Å². The molecule has 1 aromatic rings. The van der Waals surface area contributed by atoms with E-state index >= 15 is 0 Å². The van der Waals surface area contributed by atoms with E-state index < -0.39 is 10.1 Å². The molecule has 5 heteroatoms. The van der Waals surface area contributed by atoms with Crippen LogP contribution >= 0.6 is 0 Å². The lowest BCUT2D eigenvalue weighted by molar-refractivity contribution is -0.00000656. The second-order valence-electron chi connectivity index (χ2n) is 2.21. The molecule has 1 rings (SSSR count). The number of halogens is 1. The highest BCUT2D eigenvalue weighted by Crippen LogP contribution is 2.02. The van der Waals surface area contributed by atoms with E-state index in [4.69, 9.17) is 4.55 Å². The van der Waals surface area contributed by atoms with E-state index in [0.717, 1.165) is 0 Å². The van der Waals surface area contributed by atoms with E-state index in [0.29, 0.717) is 5.56 Å². The molecule has 1 N–H and O–H groups in total. The molecule has 0 atom stereocenters. The molecule has 0 aliphatic heterocycles. The van der Waals surface area contributed by atoms with Crippen molar-refractivity contribution in [3.8, 4) is 0 Å². The Morgan fingerprint density at radius 3 is 2.08 bits per heavy atom. The minimum Gasteiger partial charge on any atom is -1.00 e. The van der Waals surface area contributed by atoms with Crippen molar-refractivity contribution in [3.63, 3.8) is 0 Å². The molecule has 0 aliphatic rings. The Hall–Kier alpha value is -0.940. The minimum atomic E-state index is -3.88. The summed E-state index contributed by atoms with van der Waals surface area (Å²) in [5.74, 6) is -0.312. The first kappa shape index (κ1) is 11.1. The van der Waals surface area contributed by atoms with Crippen LogP contribution < -0.4 is 4.70 Å². The van der Waals surface area contributed by atoms with Gasteiger partial charge in [-0.1, -0.05) is 30.3 Å². The fraction of sp³-hybridized carbons (Fsp3) is 0.143. The van der Waals surface area contributed by atoms with Gasteiger partial charge in [-0.3, -0.25) is 4.55 Å².